The number of carbonyl (C=O) groups excluding carboxylic acids is 2. The Morgan fingerprint density at radius 2 is 1.89 bits per heavy atom. The maximum absolute atomic E-state index is 11.7. The third-order valence-electron chi connectivity index (χ3n) is 5.60. The molecule has 4 rings (SSSR count). The van der Waals surface area contributed by atoms with E-state index in [1.54, 1.807) is 0 Å². The van der Waals surface area contributed by atoms with E-state index in [1.165, 1.54) is 38.3 Å². The van der Waals surface area contributed by atoms with Crippen LogP contribution in [0.15, 0.2) is 11.2 Å². The molecule has 28 heavy (non-hydrogen) atoms. The smallest absolute Gasteiger partial charge is 0.290 e. The fourth-order valence-corrected chi connectivity index (χ4v) is 4.60. The van der Waals surface area contributed by atoms with Crippen molar-refractivity contribution in [1.82, 2.24) is 30.1 Å². The summed E-state index contributed by atoms with van der Waals surface area (Å²) in [5.41, 5.74) is 0. The summed E-state index contributed by atoms with van der Waals surface area (Å²) in [7, 11) is 0. The molecule has 2 amide bonds. The number of anilines is 1. The molecule has 0 saturated carbocycles. The number of aromatic nitrogens is 3. The molecular formula is C18H25N7O2S. The van der Waals surface area contributed by atoms with Gasteiger partial charge in [0.1, 0.15) is 6.33 Å². The maximum Gasteiger partial charge on any atom is 0.290 e. The molecule has 1 N–H and O–H groups in total. The molecule has 3 aliphatic rings. The molecule has 3 fully saturated rings. The maximum atomic E-state index is 11.7. The molecule has 1 aromatic rings. The van der Waals surface area contributed by atoms with Crippen LogP contribution in [0.4, 0.5) is 10.7 Å². The Bertz CT molecular complexity index is 771. The highest BCUT2D eigenvalue weighted by molar-refractivity contribution is 8.18. The second kappa shape index (κ2) is 8.54. The van der Waals surface area contributed by atoms with E-state index in [2.05, 4.69) is 41.9 Å². The molecule has 0 aromatic carbocycles. The predicted molar refractivity (Wildman–Crippen MR) is 108 cm³/mol. The molecule has 0 unspecified atom stereocenters. The lowest BCUT2D eigenvalue weighted by atomic mass is 10.0. The number of imide groups is 1. The lowest BCUT2D eigenvalue weighted by Crippen LogP contribution is -2.53. The number of hydrogen-bond donors (Lipinski definition) is 1. The molecule has 0 aliphatic carbocycles. The number of nitrogens with one attached hydrogen (secondary N) is 1. The number of carbonyl (C=O) groups is 2. The van der Waals surface area contributed by atoms with E-state index in [-0.39, 0.29) is 5.24 Å². The van der Waals surface area contributed by atoms with Crippen molar-refractivity contribution in [3.05, 3.63) is 17.1 Å². The van der Waals surface area contributed by atoms with Crippen LogP contribution in [-0.4, -0.2) is 87.8 Å². The van der Waals surface area contributed by atoms with Crippen molar-refractivity contribution in [2.75, 3.05) is 50.7 Å². The lowest BCUT2D eigenvalue weighted by molar-refractivity contribution is -0.115. The Hall–Kier alpha value is -2.04. The van der Waals surface area contributed by atoms with Crippen LogP contribution in [0.2, 0.25) is 0 Å². The van der Waals surface area contributed by atoms with Crippen molar-refractivity contribution in [1.29, 1.82) is 0 Å². The van der Waals surface area contributed by atoms with Gasteiger partial charge in [0, 0.05) is 38.3 Å². The normalized spacial score (nSPS) is 24.2. The Morgan fingerprint density at radius 1 is 1.14 bits per heavy atom. The van der Waals surface area contributed by atoms with Crippen LogP contribution in [0.5, 0.6) is 0 Å². The molecule has 0 bridgehead atoms. The third-order valence-corrected chi connectivity index (χ3v) is 6.41. The summed E-state index contributed by atoms with van der Waals surface area (Å²) >= 11 is 0.865. The largest absolute Gasteiger partial charge is 0.338 e. The summed E-state index contributed by atoms with van der Waals surface area (Å²) in [6, 6.07) is 0.680. The van der Waals surface area contributed by atoms with Gasteiger partial charge in [-0.3, -0.25) is 19.8 Å². The van der Waals surface area contributed by atoms with Crippen LogP contribution in [0.1, 0.15) is 25.6 Å². The summed E-state index contributed by atoms with van der Waals surface area (Å²) in [4.78, 5) is 43.5. The zero-order valence-electron chi connectivity index (χ0n) is 16.0. The minimum absolute atomic E-state index is 0.311. The first-order valence-electron chi connectivity index (χ1n) is 9.77. The van der Waals surface area contributed by atoms with Gasteiger partial charge in [0.25, 0.3) is 11.1 Å². The van der Waals surface area contributed by atoms with Crippen molar-refractivity contribution < 1.29 is 9.59 Å². The predicted octanol–water partition coefficient (Wildman–Crippen LogP) is 0.802. The van der Waals surface area contributed by atoms with Gasteiger partial charge in [-0.15, -0.1) is 0 Å². The van der Waals surface area contributed by atoms with E-state index in [0.29, 0.717) is 22.7 Å². The number of piperidine rings is 1. The molecule has 3 aliphatic heterocycles. The number of hydrogen-bond acceptors (Lipinski definition) is 9. The molecule has 1 aromatic heterocycles. The molecule has 150 valence electrons. The van der Waals surface area contributed by atoms with Crippen molar-refractivity contribution >= 4 is 34.9 Å². The standard InChI is InChI=1S/C18H25N7O2S/c1-2-23-5-3-13(4-6-23)24-7-9-25(10-8-24)17-20-12-19-15(21-17)11-14-16(26)22-18(27)28-14/h11-13H,2-10H2,1H3,(H,22,26,27)/b14-11-. The molecule has 3 saturated heterocycles. The SMILES string of the molecule is CCN1CCC(N2CCN(c3ncnc(/C=C4\SC(=O)NC4=O)n3)CC2)CC1. The minimum Gasteiger partial charge on any atom is -0.338 e. The van der Waals surface area contributed by atoms with Gasteiger partial charge in [0.2, 0.25) is 5.95 Å². The van der Waals surface area contributed by atoms with Gasteiger partial charge in [-0.1, -0.05) is 6.92 Å². The topological polar surface area (TPSA) is 94.6 Å². The molecule has 0 atom stereocenters. The van der Waals surface area contributed by atoms with E-state index >= 15 is 0 Å². The number of likely N-dealkylation sites (tertiary alicyclic amines) is 1. The molecular weight excluding hydrogens is 378 g/mol. The molecule has 10 heteroatoms. The molecule has 0 spiro atoms. The van der Waals surface area contributed by atoms with Crippen molar-refractivity contribution in [2.24, 2.45) is 0 Å². The molecule has 9 nitrogen and oxygen atoms in total. The van der Waals surface area contributed by atoms with E-state index in [9.17, 15) is 9.59 Å². The van der Waals surface area contributed by atoms with E-state index in [0.717, 1.165) is 44.5 Å². The fourth-order valence-electron chi connectivity index (χ4n) is 3.95. The van der Waals surface area contributed by atoms with E-state index in [4.69, 9.17) is 0 Å². The van der Waals surface area contributed by atoms with Crippen LogP contribution in [-0.2, 0) is 4.79 Å². The van der Waals surface area contributed by atoms with Crippen LogP contribution < -0.4 is 10.2 Å². The van der Waals surface area contributed by atoms with Crippen LogP contribution in [0.3, 0.4) is 0 Å². The van der Waals surface area contributed by atoms with E-state index < -0.39 is 5.91 Å². The van der Waals surface area contributed by atoms with E-state index in [1.807, 2.05) is 0 Å². The average Bonchev–Trinajstić information content (AvgIpc) is 3.05. The first-order chi connectivity index (χ1) is 13.6. The van der Waals surface area contributed by atoms with Gasteiger partial charge in [0.05, 0.1) is 4.91 Å². The second-order valence-electron chi connectivity index (χ2n) is 7.18. The summed E-state index contributed by atoms with van der Waals surface area (Å²) in [6.07, 6.45) is 5.49. The number of amides is 2. The second-order valence-corrected chi connectivity index (χ2v) is 8.20. The molecule has 4 heterocycles. The Morgan fingerprint density at radius 3 is 2.54 bits per heavy atom. The fraction of sp³-hybridized carbons (Fsp3) is 0.611. The third kappa shape index (κ3) is 4.34. The number of rotatable bonds is 4. The minimum atomic E-state index is -0.403. The zero-order valence-corrected chi connectivity index (χ0v) is 16.8. The Balaban J connectivity index is 1.36. The summed E-state index contributed by atoms with van der Waals surface area (Å²) in [5, 5.41) is 1.87. The lowest BCUT2D eigenvalue weighted by Gasteiger charge is -2.42. The Labute approximate surface area is 168 Å². The first-order valence-corrected chi connectivity index (χ1v) is 10.6. The van der Waals surface area contributed by atoms with Gasteiger partial charge < -0.3 is 9.80 Å². The monoisotopic (exact) mass is 403 g/mol. The average molecular weight is 404 g/mol. The van der Waals surface area contributed by atoms with Gasteiger partial charge in [-0.25, -0.2) is 9.97 Å². The first kappa shape index (κ1) is 19.3. The van der Waals surface area contributed by atoms with Gasteiger partial charge in [0.15, 0.2) is 5.82 Å². The van der Waals surface area contributed by atoms with Crippen LogP contribution in [0, 0.1) is 0 Å². The number of thioether (sulfide) groups is 1. The highest BCUT2D eigenvalue weighted by Gasteiger charge is 2.28. The highest BCUT2D eigenvalue weighted by atomic mass is 32.2. The summed E-state index contributed by atoms with van der Waals surface area (Å²) in [6.45, 7) is 9.53. The van der Waals surface area contributed by atoms with Gasteiger partial charge in [-0.2, -0.15) is 4.98 Å². The van der Waals surface area contributed by atoms with Crippen molar-refractivity contribution in [3.8, 4) is 0 Å². The Kier molecular flexibility index (Phi) is 5.88. The summed E-state index contributed by atoms with van der Waals surface area (Å²) < 4.78 is 0. The quantitative estimate of drug-likeness (QED) is 0.733. The van der Waals surface area contributed by atoms with Gasteiger partial charge in [-0.05, 0) is 44.2 Å². The number of nitrogens with zero attached hydrogens (tertiary/aromatic N) is 6. The molecule has 0 radical (unpaired) electrons. The number of piperazine rings is 1. The highest BCUT2D eigenvalue weighted by Crippen LogP contribution is 2.25. The van der Waals surface area contributed by atoms with Crippen molar-refractivity contribution in [3.63, 3.8) is 0 Å². The van der Waals surface area contributed by atoms with Crippen molar-refractivity contribution in [2.45, 2.75) is 25.8 Å². The summed E-state index contributed by atoms with van der Waals surface area (Å²) in [5.74, 6) is 0.614. The van der Waals surface area contributed by atoms with Crippen LogP contribution in [0.25, 0.3) is 6.08 Å². The van der Waals surface area contributed by atoms with Gasteiger partial charge >= 0.3 is 0 Å². The zero-order chi connectivity index (χ0) is 19.5. The van der Waals surface area contributed by atoms with Crippen LogP contribution >= 0.6 is 11.8 Å².